The van der Waals surface area contributed by atoms with Gasteiger partial charge in [-0.2, -0.15) is 0 Å². The number of amides is 1. The van der Waals surface area contributed by atoms with Crippen LogP contribution >= 0.6 is 0 Å². The fourth-order valence-electron chi connectivity index (χ4n) is 3.12. The Morgan fingerprint density at radius 2 is 2.20 bits per heavy atom. The molecule has 132 valence electrons. The molecule has 1 aromatic carbocycles. The lowest BCUT2D eigenvalue weighted by Crippen LogP contribution is -2.32. The summed E-state index contributed by atoms with van der Waals surface area (Å²) in [6.07, 6.45) is 4.16. The largest absolute Gasteiger partial charge is 0.497 e. The number of nitrogens with zero attached hydrogens (tertiary/aromatic N) is 3. The maximum absolute atomic E-state index is 12.4. The smallest absolute Gasteiger partial charge is 0.228 e. The quantitative estimate of drug-likeness (QED) is 0.872. The van der Waals surface area contributed by atoms with Crippen LogP contribution < -0.4 is 19.9 Å². The average Bonchev–Trinajstić information content (AvgIpc) is 3.01. The summed E-state index contributed by atoms with van der Waals surface area (Å²) >= 11 is 0. The van der Waals surface area contributed by atoms with E-state index in [2.05, 4.69) is 15.2 Å². The predicted molar refractivity (Wildman–Crippen MR) is 99.2 cm³/mol. The third-order valence-electron chi connectivity index (χ3n) is 4.43. The average molecular weight is 340 g/mol. The van der Waals surface area contributed by atoms with E-state index in [0.717, 1.165) is 22.7 Å². The van der Waals surface area contributed by atoms with Gasteiger partial charge < -0.3 is 19.9 Å². The lowest BCUT2D eigenvalue weighted by atomic mass is 10.2. The first-order valence-corrected chi connectivity index (χ1v) is 8.36. The summed E-state index contributed by atoms with van der Waals surface area (Å²) in [6.45, 7) is 1.34. The van der Waals surface area contributed by atoms with Gasteiger partial charge in [0.1, 0.15) is 5.75 Å². The Labute approximate surface area is 148 Å². The number of hydrogen-bond donors (Lipinski definition) is 1. The summed E-state index contributed by atoms with van der Waals surface area (Å²) in [4.78, 5) is 20.5. The molecule has 3 rings (SSSR count). The van der Waals surface area contributed by atoms with Gasteiger partial charge in [-0.05, 0) is 18.2 Å². The minimum absolute atomic E-state index is 0.119. The van der Waals surface area contributed by atoms with Crippen molar-refractivity contribution in [3.8, 4) is 5.75 Å². The second-order valence-electron chi connectivity index (χ2n) is 6.39. The maximum Gasteiger partial charge on any atom is 0.228 e. The van der Waals surface area contributed by atoms with Crippen molar-refractivity contribution in [2.75, 3.05) is 37.5 Å². The summed E-state index contributed by atoms with van der Waals surface area (Å²) in [7, 11) is 5.66. The zero-order valence-electron chi connectivity index (χ0n) is 14.9. The number of pyridine rings is 1. The van der Waals surface area contributed by atoms with Gasteiger partial charge >= 0.3 is 0 Å². The number of hydrogen-bond acceptors (Lipinski definition) is 5. The number of benzene rings is 1. The van der Waals surface area contributed by atoms with Gasteiger partial charge in [0.15, 0.2) is 0 Å². The van der Waals surface area contributed by atoms with E-state index >= 15 is 0 Å². The molecule has 0 saturated carbocycles. The standard InChI is InChI=1S/C19H24N4O2/c1-22(2)18-7-8-20-11-14(18)12-21-15-9-19(24)23(13-15)16-5-4-6-17(10-16)25-3/h4-8,10-11,15,21H,9,12-13H2,1-3H3. The molecule has 1 N–H and O–H groups in total. The number of methoxy groups -OCH3 is 1. The van der Waals surface area contributed by atoms with E-state index in [-0.39, 0.29) is 11.9 Å². The normalized spacial score (nSPS) is 17.0. The lowest BCUT2D eigenvalue weighted by Gasteiger charge is -2.20. The Morgan fingerprint density at radius 3 is 2.96 bits per heavy atom. The van der Waals surface area contributed by atoms with Gasteiger partial charge in [-0.1, -0.05) is 6.07 Å². The summed E-state index contributed by atoms with van der Waals surface area (Å²) in [5.41, 5.74) is 3.14. The van der Waals surface area contributed by atoms with Gasteiger partial charge in [0, 0.05) is 75.0 Å². The molecule has 0 bridgehead atoms. The highest BCUT2D eigenvalue weighted by Gasteiger charge is 2.30. The minimum Gasteiger partial charge on any atom is -0.497 e. The van der Waals surface area contributed by atoms with Crippen LogP contribution in [0.4, 0.5) is 11.4 Å². The summed E-state index contributed by atoms with van der Waals surface area (Å²) in [5.74, 6) is 0.887. The highest BCUT2D eigenvalue weighted by Crippen LogP contribution is 2.26. The van der Waals surface area contributed by atoms with Crippen LogP contribution in [0, 0.1) is 0 Å². The zero-order chi connectivity index (χ0) is 17.8. The second kappa shape index (κ2) is 7.53. The van der Waals surface area contributed by atoms with Crippen molar-refractivity contribution < 1.29 is 9.53 Å². The van der Waals surface area contributed by atoms with Crippen LogP contribution in [0.1, 0.15) is 12.0 Å². The lowest BCUT2D eigenvalue weighted by molar-refractivity contribution is -0.117. The van der Waals surface area contributed by atoms with Crippen molar-refractivity contribution in [3.63, 3.8) is 0 Å². The SMILES string of the molecule is COc1cccc(N2CC(NCc3cnccc3N(C)C)CC2=O)c1. The van der Waals surface area contributed by atoms with E-state index in [4.69, 9.17) is 4.74 Å². The summed E-state index contributed by atoms with van der Waals surface area (Å²) < 4.78 is 5.25. The first-order chi connectivity index (χ1) is 12.1. The van der Waals surface area contributed by atoms with Gasteiger partial charge in [0.25, 0.3) is 0 Å². The van der Waals surface area contributed by atoms with E-state index in [0.29, 0.717) is 19.5 Å². The Morgan fingerprint density at radius 1 is 1.36 bits per heavy atom. The molecular formula is C19H24N4O2. The molecule has 6 heteroatoms. The molecule has 1 aliphatic heterocycles. The number of carbonyl (C=O) groups excluding carboxylic acids is 1. The highest BCUT2D eigenvalue weighted by molar-refractivity contribution is 5.96. The molecule has 1 aromatic heterocycles. The number of aromatic nitrogens is 1. The number of carbonyl (C=O) groups is 1. The maximum atomic E-state index is 12.4. The van der Waals surface area contributed by atoms with Gasteiger partial charge in [-0.3, -0.25) is 9.78 Å². The van der Waals surface area contributed by atoms with Crippen LogP contribution in [0.25, 0.3) is 0 Å². The molecule has 0 aliphatic carbocycles. The molecule has 25 heavy (non-hydrogen) atoms. The third-order valence-corrected chi connectivity index (χ3v) is 4.43. The Hall–Kier alpha value is -2.60. The molecule has 1 atom stereocenters. The van der Waals surface area contributed by atoms with Gasteiger partial charge in [-0.15, -0.1) is 0 Å². The Balaban J connectivity index is 1.65. The summed E-state index contributed by atoms with van der Waals surface area (Å²) in [5, 5.41) is 3.49. The van der Waals surface area contributed by atoms with Crippen molar-refractivity contribution >= 4 is 17.3 Å². The first-order valence-electron chi connectivity index (χ1n) is 8.36. The van der Waals surface area contributed by atoms with Crippen molar-refractivity contribution in [3.05, 3.63) is 48.3 Å². The molecule has 6 nitrogen and oxygen atoms in total. The molecule has 1 amide bonds. The van der Waals surface area contributed by atoms with E-state index < -0.39 is 0 Å². The fourth-order valence-corrected chi connectivity index (χ4v) is 3.12. The van der Waals surface area contributed by atoms with Crippen molar-refractivity contribution in [2.24, 2.45) is 0 Å². The number of rotatable bonds is 6. The van der Waals surface area contributed by atoms with Crippen molar-refractivity contribution in [1.82, 2.24) is 10.3 Å². The van der Waals surface area contributed by atoms with E-state index in [1.807, 2.05) is 55.5 Å². The van der Waals surface area contributed by atoms with Crippen molar-refractivity contribution in [1.29, 1.82) is 0 Å². The van der Waals surface area contributed by atoms with E-state index in [1.165, 1.54) is 0 Å². The molecule has 0 radical (unpaired) electrons. The van der Waals surface area contributed by atoms with Crippen molar-refractivity contribution in [2.45, 2.75) is 19.0 Å². The Bertz CT molecular complexity index is 748. The van der Waals surface area contributed by atoms with E-state index in [9.17, 15) is 4.79 Å². The number of nitrogens with one attached hydrogen (secondary N) is 1. The molecule has 1 saturated heterocycles. The molecule has 2 heterocycles. The minimum atomic E-state index is 0.119. The van der Waals surface area contributed by atoms with Gasteiger partial charge in [0.2, 0.25) is 5.91 Å². The molecule has 1 fully saturated rings. The van der Waals surface area contributed by atoms with Gasteiger partial charge in [-0.25, -0.2) is 0 Å². The monoisotopic (exact) mass is 340 g/mol. The van der Waals surface area contributed by atoms with Crippen LogP contribution in [0.2, 0.25) is 0 Å². The van der Waals surface area contributed by atoms with Crippen LogP contribution in [0.3, 0.4) is 0 Å². The highest BCUT2D eigenvalue weighted by atomic mass is 16.5. The molecular weight excluding hydrogens is 316 g/mol. The zero-order valence-corrected chi connectivity index (χ0v) is 14.9. The number of anilines is 2. The van der Waals surface area contributed by atoms with Crippen LogP contribution in [0.5, 0.6) is 5.75 Å². The van der Waals surface area contributed by atoms with Crippen LogP contribution in [-0.4, -0.2) is 44.7 Å². The van der Waals surface area contributed by atoms with Crippen LogP contribution in [0.15, 0.2) is 42.7 Å². The van der Waals surface area contributed by atoms with Gasteiger partial charge in [0.05, 0.1) is 7.11 Å². The molecule has 0 spiro atoms. The molecule has 2 aromatic rings. The van der Waals surface area contributed by atoms with E-state index in [1.54, 1.807) is 13.3 Å². The van der Waals surface area contributed by atoms with Crippen LogP contribution in [-0.2, 0) is 11.3 Å². The second-order valence-corrected chi connectivity index (χ2v) is 6.39. The summed E-state index contributed by atoms with van der Waals surface area (Å²) in [6, 6.07) is 9.74. The molecule has 1 unspecified atom stereocenters. The topological polar surface area (TPSA) is 57.7 Å². The third kappa shape index (κ3) is 3.91. The predicted octanol–water partition coefficient (Wildman–Crippen LogP) is 2.05. The fraction of sp³-hybridized carbons (Fsp3) is 0.368. The first kappa shape index (κ1) is 17.2. The number of ether oxygens (including phenoxy) is 1. The Kier molecular flexibility index (Phi) is 5.19. The molecule has 1 aliphatic rings.